The minimum Gasteiger partial charge on any atom is -0.452 e. The second-order valence-corrected chi connectivity index (χ2v) is 10.6. The summed E-state index contributed by atoms with van der Waals surface area (Å²) in [6.07, 6.45) is 0.693. The standard InChI is InChI=1S/C25H21Cl3N2O5/c1-11-2-5-13(26)8-17(11)29-18(31)10-35-25(34)12-3-6-14(7-4-12)30-23(32)19-15-9-16(20(19)24(30)33)22(28)21(15)27/h2-8,15-16,19-22H,9-10H2,1H3,(H,29,31)/t15-,16-,19-,20+,21-,22+/m1/s1. The highest BCUT2D eigenvalue weighted by molar-refractivity contribution is 6.32. The number of aryl methyl sites for hydroxylation is 1. The number of fused-ring (bicyclic) bond motifs is 5. The van der Waals surface area contributed by atoms with Crippen LogP contribution in [0.4, 0.5) is 11.4 Å². The summed E-state index contributed by atoms with van der Waals surface area (Å²) in [5.74, 6) is -2.87. The summed E-state index contributed by atoms with van der Waals surface area (Å²) < 4.78 is 5.10. The average molecular weight is 536 g/mol. The Labute approximate surface area is 216 Å². The normalized spacial score (nSPS) is 28.9. The predicted octanol–water partition coefficient (Wildman–Crippen LogP) is 4.41. The lowest BCUT2D eigenvalue weighted by Gasteiger charge is -2.28. The van der Waals surface area contributed by atoms with Gasteiger partial charge in [0.25, 0.3) is 5.91 Å². The molecular formula is C25H21Cl3N2O5. The number of nitrogens with one attached hydrogen (secondary N) is 1. The summed E-state index contributed by atoms with van der Waals surface area (Å²) >= 11 is 18.7. The van der Waals surface area contributed by atoms with Gasteiger partial charge >= 0.3 is 5.97 Å². The Kier molecular flexibility index (Phi) is 6.28. The zero-order chi connectivity index (χ0) is 25.0. The number of alkyl halides is 2. The van der Waals surface area contributed by atoms with Crippen molar-refractivity contribution in [2.45, 2.75) is 24.1 Å². The molecule has 6 atom stereocenters. The maximum Gasteiger partial charge on any atom is 0.338 e. The maximum atomic E-state index is 13.1. The van der Waals surface area contributed by atoms with Gasteiger partial charge in [0.05, 0.1) is 33.8 Å². The number of benzene rings is 2. The van der Waals surface area contributed by atoms with E-state index in [4.69, 9.17) is 39.5 Å². The van der Waals surface area contributed by atoms with Crippen LogP contribution in [0.1, 0.15) is 22.3 Å². The van der Waals surface area contributed by atoms with E-state index in [9.17, 15) is 19.2 Å². The Morgan fingerprint density at radius 2 is 1.60 bits per heavy atom. The Bertz CT molecular complexity index is 1200. The number of imide groups is 1. The van der Waals surface area contributed by atoms with Crippen LogP contribution < -0.4 is 10.2 Å². The van der Waals surface area contributed by atoms with Crippen molar-refractivity contribution >= 4 is 69.9 Å². The number of halogens is 3. The molecule has 3 amide bonds. The van der Waals surface area contributed by atoms with Gasteiger partial charge in [-0.15, -0.1) is 23.2 Å². The lowest BCUT2D eigenvalue weighted by atomic mass is 9.80. The van der Waals surface area contributed by atoms with Crippen molar-refractivity contribution in [2.75, 3.05) is 16.8 Å². The molecule has 2 bridgehead atoms. The molecule has 0 unspecified atom stereocenters. The van der Waals surface area contributed by atoms with Gasteiger partial charge in [-0.25, -0.2) is 4.79 Å². The van der Waals surface area contributed by atoms with Crippen molar-refractivity contribution < 1.29 is 23.9 Å². The topological polar surface area (TPSA) is 92.8 Å². The van der Waals surface area contributed by atoms with Crippen LogP contribution in [-0.4, -0.2) is 41.1 Å². The molecule has 1 aliphatic heterocycles. The highest BCUT2D eigenvalue weighted by Gasteiger charge is 2.66. The van der Waals surface area contributed by atoms with E-state index in [-0.39, 0.29) is 40.0 Å². The molecular weight excluding hydrogens is 515 g/mol. The molecule has 35 heavy (non-hydrogen) atoms. The number of nitrogens with zero attached hydrogens (tertiary/aromatic N) is 1. The van der Waals surface area contributed by atoms with Gasteiger partial charge in [-0.05, 0) is 67.1 Å². The van der Waals surface area contributed by atoms with Crippen molar-refractivity contribution in [1.82, 2.24) is 0 Å². The third-order valence-corrected chi connectivity index (χ3v) is 8.71. The second kappa shape index (κ2) is 9.12. The molecule has 2 aromatic rings. The monoisotopic (exact) mass is 534 g/mol. The number of hydrogen-bond donors (Lipinski definition) is 1. The molecule has 5 rings (SSSR count). The van der Waals surface area contributed by atoms with Crippen LogP contribution in [0.25, 0.3) is 0 Å². The van der Waals surface area contributed by atoms with Crippen LogP contribution in [-0.2, 0) is 19.1 Å². The van der Waals surface area contributed by atoms with Crippen LogP contribution in [0.2, 0.25) is 5.02 Å². The van der Waals surface area contributed by atoms with Crippen molar-refractivity contribution in [2.24, 2.45) is 23.7 Å². The van der Waals surface area contributed by atoms with Gasteiger partial charge in [-0.2, -0.15) is 0 Å². The van der Waals surface area contributed by atoms with E-state index < -0.39 is 30.3 Å². The number of carbonyl (C=O) groups excluding carboxylic acids is 4. The van der Waals surface area contributed by atoms with Crippen molar-refractivity contribution in [3.05, 3.63) is 58.6 Å². The zero-order valence-electron chi connectivity index (χ0n) is 18.5. The van der Waals surface area contributed by atoms with Crippen LogP contribution >= 0.6 is 34.8 Å². The van der Waals surface area contributed by atoms with Crippen LogP contribution in [0.15, 0.2) is 42.5 Å². The highest BCUT2D eigenvalue weighted by Crippen LogP contribution is 2.59. The van der Waals surface area contributed by atoms with Crippen molar-refractivity contribution in [1.29, 1.82) is 0 Å². The average Bonchev–Trinajstić information content (AvgIpc) is 3.45. The number of ether oxygens (including phenoxy) is 1. The zero-order valence-corrected chi connectivity index (χ0v) is 20.8. The fourth-order valence-corrected chi connectivity index (χ4v) is 6.54. The molecule has 10 heteroatoms. The number of amides is 3. The largest absolute Gasteiger partial charge is 0.452 e. The molecule has 1 N–H and O–H groups in total. The first kappa shape index (κ1) is 24.1. The number of carbonyl (C=O) groups is 4. The molecule has 7 nitrogen and oxygen atoms in total. The molecule has 0 radical (unpaired) electrons. The number of anilines is 2. The summed E-state index contributed by atoms with van der Waals surface area (Å²) in [5.41, 5.74) is 1.90. The molecule has 2 aliphatic carbocycles. The minimum atomic E-state index is -0.710. The molecule has 0 spiro atoms. The van der Waals surface area contributed by atoms with E-state index in [1.807, 2.05) is 6.92 Å². The SMILES string of the molecule is Cc1ccc(Cl)cc1NC(=O)COC(=O)c1ccc(N2C(=O)[C@@H]3[C@H]4C[C@@H]([C@H](Cl)[C@@H]4Cl)[C@@H]3C2=O)cc1. The highest BCUT2D eigenvalue weighted by atomic mass is 35.5. The predicted molar refractivity (Wildman–Crippen MR) is 132 cm³/mol. The minimum absolute atomic E-state index is 0.105. The van der Waals surface area contributed by atoms with Gasteiger partial charge in [0, 0.05) is 10.7 Å². The lowest BCUT2D eigenvalue weighted by molar-refractivity contribution is -0.123. The summed E-state index contributed by atoms with van der Waals surface area (Å²) in [4.78, 5) is 51.9. The number of hydrogen-bond acceptors (Lipinski definition) is 5. The van der Waals surface area contributed by atoms with Gasteiger partial charge in [-0.1, -0.05) is 17.7 Å². The molecule has 3 fully saturated rings. The maximum absolute atomic E-state index is 13.1. The van der Waals surface area contributed by atoms with Crippen molar-refractivity contribution in [3.63, 3.8) is 0 Å². The van der Waals surface area contributed by atoms with Gasteiger partial charge in [-0.3, -0.25) is 19.3 Å². The molecule has 3 aliphatic rings. The van der Waals surface area contributed by atoms with E-state index in [0.717, 1.165) is 5.56 Å². The first-order valence-electron chi connectivity index (χ1n) is 11.2. The first-order valence-corrected chi connectivity index (χ1v) is 12.4. The molecule has 182 valence electrons. The van der Waals surface area contributed by atoms with Gasteiger partial charge in [0.15, 0.2) is 6.61 Å². The van der Waals surface area contributed by atoms with E-state index in [1.165, 1.54) is 29.2 Å². The Balaban J connectivity index is 1.22. The Hall–Kier alpha value is -2.61. The van der Waals surface area contributed by atoms with Gasteiger partial charge in [0.2, 0.25) is 11.8 Å². The fourth-order valence-electron chi connectivity index (χ4n) is 5.48. The van der Waals surface area contributed by atoms with Crippen LogP contribution in [0.3, 0.4) is 0 Å². The summed E-state index contributed by atoms with van der Waals surface area (Å²) in [6, 6.07) is 11.0. The van der Waals surface area contributed by atoms with Crippen LogP contribution in [0, 0.1) is 30.6 Å². The Morgan fingerprint density at radius 3 is 2.20 bits per heavy atom. The van der Waals surface area contributed by atoms with E-state index in [0.29, 0.717) is 22.8 Å². The second-order valence-electron chi connectivity index (χ2n) is 9.15. The van der Waals surface area contributed by atoms with Crippen LogP contribution in [0.5, 0.6) is 0 Å². The smallest absolute Gasteiger partial charge is 0.338 e. The van der Waals surface area contributed by atoms with E-state index in [1.54, 1.807) is 18.2 Å². The lowest BCUT2D eigenvalue weighted by Crippen LogP contribution is -2.37. The molecule has 2 saturated carbocycles. The quantitative estimate of drug-likeness (QED) is 0.348. The number of esters is 1. The third kappa shape index (κ3) is 4.09. The van der Waals surface area contributed by atoms with E-state index >= 15 is 0 Å². The Morgan fingerprint density at radius 1 is 1.00 bits per heavy atom. The van der Waals surface area contributed by atoms with Gasteiger partial charge in [0.1, 0.15) is 0 Å². The van der Waals surface area contributed by atoms with Crippen molar-refractivity contribution in [3.8, 4) is 0 Å². The van der Waals surface area contributed by atoms with E-state index in [2.05, 4.69) is 5.32 Å². The third-order valence-electron chi connectivity index (χ3n) is 7.16. The summed E-state index contributed by atoms with van der Waals surface area (Å²) in [6.45, 7) is 1.33. The molecule has 1 heterocycles. The van der Waals surface area contributed by atoms with Gasteiger partial charge < -0.3 is 10.1 Å². The number of rotatable bonds is 5. The molecule has 2 aromatic carbocycles. The molecule has 0 aromatic heterocycles. The first-order chi connectivity index (χ1) is 16.7. The summed E-state index contributed by atoms with van der Waals surface area (Å²) in [5, 5.41) is 2.48. The molecule has 1 saturated heterocycles. The fraction of sp³-hybridized carbons (Fsp3) is 0.360. The summed E-state index contributed by atoms with van der Waals surface area (Å²) in [7, 11) is 0.